The first-order chi connectivity index (χ1) is 14.1. The van der Waals surface area contributed by atoms with Crippen LogP contribution in [0.25, 0.3) is 0 Å². The smallest absolute Gasteiger partial charge is 0.258 e. The van der Waals surface area contributed by atoms with Crippen LogP contribution < -0.4 is 15.0 Å². The van der Waals surface area contributed by atoms with Crippen molar-refractivity contribution < 1.29 is 9.53 Å². The highest BCUT2D eigenvalue weighted by Crippen LogP contribution is 2.34. The number of likely N-dealkylation sites (tertiary alicyclic amines) is 1. The van der Waals surface area contributed by atoms with E-state index in [2.05, 4.69) is 40.2 Å². The van der Waals surface area contributed by atoms with E-state index in [0.29, 0.717) is 11.3 Å². The standard InChI is InChI=1S/C24H29N3O2/c1-18-16-20(27-12-4-5-13-27)9-8-19(18)17-26-14-10-24(11-15-26)25-23(28)21-6-2-3-7-22(21)29-24/h2-3,6-9,16H,4-5,10-15,17H2,1H3,(H,25,28). The lowest BCUT2D eigenvalue weighted by Gasteiger charge is -2.44. The Labute approximate surface area is 172 Å². The first-order valence-electron chi connectivity index (χ1n) is 10.8. The van der Waals surface area contributed by atoms with E-state index in [4.69, 9.17) is 4.74 Å². The van der Waals surface area contributed by atoms with Gasteiger partial charge < -0.3 is 15.0 Å². The van der Waals surface area contributed by atoms with Crippen LogP contribution in [0.2, 0.25) is 0 Å². The molecule has 0 atom stereocenters. The fourth-order valence-corrected chi connectivity index (χ4v) is 4.82. The Balaban J connectivity index is 1.23. The van der Waals surface area contributed by atoms with Gasteiger partial charge in [0.2, 0.25) is 0 Å². The number of piperidine rings is 1. The van der Waals surface area contributed by atoms with E-state index in [1.165, 1.54) is 42.7 Å². The van der Waals surface area contributed by atoms with Gasteiger partial charge in [-0.15, -0.1) is 0 Å². The fraction of sp³-hybridized carbons (Fsp3) is 0.458. The Morgan fingerprint density at radius 1 is 1.03 bits per heavy atom. The third-order valence-corrected chi connectivity index (χ3v) is 6.63. The van der Waals surface area contributed by atoms with Crippen molar-refractivity contribution in [3.05, 3.63) is 59.2 Å². The van der Waals surface area contributed by atoms with E-state index in [1.807, 2.05) is 24.3 Å². The fourth-order valence-electron chi connectivity index (χ4n) is 4.82. The van der Waals surface area contributed by atoms with Crippen molar-refractivity contribution in [1.82, 2.24) is 10.2 Å². The van der Waals surface area contributed by atoms with Gasteiger partial charge in [-0.25, -0.2) is 0 Å². The molecule has 1 spiro atoms. The molecule has 29 heavy (non-hydrogen) atoms. The largest absolute Gasteiger partial charge is 0.467 e. The van der Waals surface area contributed by atoms with Crippen molar-refractivity contribution in [2.24, 2.45) is 0 Å². The maximum atomic E-state index is 12.5. The molecule has 0 bridgehead atoms. The molecule has 2 aromatic rings. The van der Waals surface area contributed by atoms with Crippen molar-refractivity contribution in [2.45, 2.75) is 44.9 Å². The minimum Gasteiger partial charge on any atom is -0.467 e. The topological polar surface area (TPSA) is 44.8 Å². The zero-order chi connectivity index (χ0) is 19.8. The average molecular weight is 392 g/mol. The minimum atomic E-state index is -0.559. The predicted molar refractivity (Wildman–Crippen MR) is 114 cm³/mol. The first-order valence-corrected chi connectivity index (χ1v) is 10.8. The Kier molecular flexibility index (Phi) is 4.70. The molecule has 0 radical (unpaired) electrons. The molecule has 5 nitrogen and oxygen atoms in total. The van der Waals surface area contributed by atoms with E-state index in [0.717, 1.165) is 32.5 Å². The van der Waals surface area contributed by atoms with Crippen LogP contribution in [-0.4, -0.2) is 42.7 Å². The maximum absolute atomic E-state index is 12.5. The molecule has 3 aliphatic heterocycles. The number of amides is 1. The molecule has 0 aromatic heterocycles. The molecule has 0 aliphatic carbocycles. The average Bonchev–Trinajstić information content (AvgIpc) is 3.26. The van der Waals surface area contributed by atoms with E-state index >= 15 is 0 Å². The van der Waals surface area contributed by atoms with Gasteiger partial charge in [0.05, 0.1) is 5.56 Å². The summed E-state index contributed by atoms with van der Waals surface area (Å²) >= 11 is 0. The lowest BCUT2D eigenvalue weighted by atomic mass is 9.96. The lowest BCUT2D eigenvalue weighted by Crippen LogP contribution is -2.60. The summed E-state index contributed by atoms with van der Waals surface area (Å²) in [5.41, 5.74) is 4.19. The molecule has 5 rings (SSSR count). The summed E-state index contributed by atoms with van der Waals surface area (Å²) in [6.45, 7) is 7.36. The number of carbonyl (C=O) groups is 1. The van der Waals surface area contributed by atoms with Crippen LogP contribution in [0, 0.1) is 6.92 Å². The summed E-state index contributed by atoms with van der Waals surface area (Å²) in [6.07, 6.45) is 4.22. The van der Waals surface area contributed by atoms with Gasteiger partial charge in [-0.05, 0) is 55.2 Å². The van der Waals surface area contributed by atoms with E-state index in [1.54, 1.807) is 0 Å². The third-order valence-electron chi connectivity index (χ3n) is 6.63. The van der Waals surface area contributed by atoms with Gasteiger partial charge in [0.1, 0.15) is 5.75 Å². The van der Waals surface area contributed by atoms with Crippen LogP contribution >= 0.6 is 0 Å². The minimum absolute atomic E-state index is 0.0198. The van der Waals surface area contributed by atoms with Crippen molar-refractivity contribution in [3.63, 3.8) is 0 Å². The van der Waals surface area contributed by atoms with Gasteiger partial charge >= 0.3 is 0 Å². The summed E-state index contributed by atoms with van der Waals surface area (Å²) < 4.78 is 6.26. The second-order valence-electron chi connectivity index (χ2n) is 8.63. The Morgan fingerprint density at radius 3 is 2.55 bits per heavy atom. The molecule has 2 aromatic carbocycles. The van der Waals surface area contributed by atoms with Crippen molar-refractivity contribution in [3.8, 4) is 5.75 Å². The Bertz CT molecular complexity index is 912. The number of aryl methyl sites for hydroxylation is 1. The van der Waals surface area contributed by atoms with Crippen LogP contribution in [0.4, 0.5) is 5.69 Å². The molecule has 0 saturated carbocycles. The summed E-state index contributed by atoms with van der Waals surface area (Å²) in [5.74, 6) is 0.687. The number of carbonyl (C=O) groups excluding carboxylic acids is 1. The van der Waals surface area contributed by atoms with Crippen LogP contribution in [0.3, 0.4) is 0 Å². The molecule has 1 N–H and O–H groups in total. The maximum Gasteiger partial charge on any atom is 0.258 e. The number of hydrogen-bond acceptors (Lipinski definition) is 4. The number of nitrogens with one attached hydrogen (secondary N) is 1. The quantitative estimate of drug-likeness (QED) is 0.866. The molecule has 5 heteroatoms. The second kappa shape index (κ2) is 7.38. The highest BCUT2D eigenvalue weighted by atomic mass is 16.5. The summed E-state index contributed by atoms with van der Waals surface area (Å²) in [6, 6.07) is 14.4. The normalized spacial score (nSPS) is 21.0. The van der Waals surface area contributed by atoms with Crippen molar-refractivity contribution in [2.75, 3.05) is 31.1 Å². The zero-order valence-electron chi connectivity index (χ0n) is 17.1. The molecule has 2 saturated heterocycles. The molecule has 0 unspecified atom stereocenters. The molecule has 2 fully saturated rings. The van der Waals surface area contributed by atoms with Gasteiger partial charge in [-0.2, -0.15) is 0 Å². The molecule has 152 valence electrons. The monoisotopic (exact) mass is 391 g/mol. The zero-order valence-corrected chi connectivity index (χ0v) is 17.1. The Hall–Kier alpha value is -2.53. The van der Waals surface area contributed by atoms with Crippen LogP contribution in [0.15, 0.2) is 42.5 Å². The van der Waals surface area contributed by atoms with Gasteiger partial charge in [0.25, 0.3) is 5.91 Å². The number of ether oxygens (including phenoxy) is 1. The Morgan fingerprint density at radius 2 is 1.79 bits per heavy atom. The van der Waals surface area contributed by atoms with E-state index < -0.39 is 5.72 Å². The highest BCUT2D eigenvalue weighted by Gasteiger charge is 2.42. The van der Waals surface area contributed by atoms with E-state index in [9.17, 15) is 4.79 Å². The third kappa shape index (κ3) is 3.60. The number of hydrogen-bond donors (Lipinski definition) is 1. The number of fused-ring (bicyclic) bond motifs is 1. The SMILES string of the molecule is Cc1cc(N2CCCC2)ccc1CN1CCC2(CC1)NC(=O)c1ccccc1O2. The number of benzene rings is 2. The summed E-state index contributed by atoms with van der Waals surface area (Å²) in [5, 5.41) is 3.13. The van der Waals surface area contributed by atoms with Gasteiger partial charge in [-0.1, -0.05) is 18.2 Å². The van der Waals surface area contributed by atoms with Crippen LogP contribution in [0.5, 0.6) is 5.75 Å². The van der Waals surface area contributed by atoms with Crippen molar-refractivity contribution >= 4 is 11.6 Å². The number of anilines is 1. The van der Waals surface area contributed by atoms with Crippen LogP contribution in [0.1, 0.15) is 47.2 Å². The van der Waals surface area contributed by atoms with Gasteiger partial charge in [-0.3, -0.25) is 9.69 Å². The van der Waals surface area contributed by atoms with Crippen molar-refractivity contribution in [1.29, 1.82) is 0 Å². The summed E-state index contributed by atoms with van der Waals surface area (Å²) in [7, 11) is 0. The number of nitrogens with zero attached hydrogens (tertiary/aromatic N) is 2. The van der Waals surface area contributed by atoms with Gasteiger partial charge in [0.15, 0.2) is 5.72 Å². The summed E-state index contributed by atoms with van der Waals surface area (Å²) in [4.78, 5) is 17.5. The van der Waals surface area contributed by atoms with E-state index in [-0.39, 0.29) is 5.91 Å². The number of para-hydroxylation sites is 1. The van der Waals surface area contributed by atoms with Crippen LogP contribution in [-0.2, 0) is 6.54 Å². The molecule has 1 amide bonds. The number of rotatable bonds is 3. The highest BCUT2D eigenvalue weighted by molar-refractivity contribution is 5.98. The molecular formula is C24H29N3O2. The molecule has 3 aliphatic rings. The second-order valence-corrected chi connectivity index (χ2v) is 8.63. The molecular weight excluding hydrogens is 362 g/mol. The first kappa shape index (κ1) is 18.5. The predicted octanol–water partition coefficient (Wildman–Crippen LogP) is 3.71. The lowest BCUT2D eigenvalue weighted by molar-refractivity contribution is -0.0304. The van der Waals surface area contributed by atoms with Gasteiger partial charge in [0, 0.05) is 51.3 Å². The molecule has 3 heterocycles.